The van der Waals surface area contributed by atoms with E-state index in [0.717, 1.165) is 41.8 Å². The Balaban J connectivity index is 1.64. The Morgan fingerprint density at radius 3 is 2.86 bits per heavy atom. The van der Waals surface area contributed by atoms with Gasteiger partial charge in [-0.05, 0) is 73.4 Å². The second kappa shape index (κ2) is 6.88. The molecule has 0 saturated heterocycles. The molecule has 1 aliphatic heterocycles. The lowest BCUT2D eigenvalue weighted by atomic mass is 10.1. The van der Waals surface area contributed by atoms with E-state index in [-0.39, 0.29) is 17.4 Å². The Kier molecular flexibility index (Phi) is 4.19. The van der Waals surface area contributed by atoms with E-state index in [4.69, 9.17) is 9.72 Å². The summed E-state index contributed by atoms with van der Waals surface area (Å²) in [6, 6.07) is 13.1. The van der Waals surface area contributed by atoms with Gasteiger partial charge in [-0.15, -0.1) is 0 Å². The molecule has 0 atom stereocenters. The minimum atomic E-state index is -0.203. The summed E-state index contributed by atoms with van der Waals surface area (Å²) in [5, 5.41) is 0. The summed E-state index contributed by atoms with van der Waals surface area (Å²) in [6.45, 7) is 2.61. The lowest BCUT2D eigenvalue weighted by Gasteiger charge is -2.23. The van der Waals surface area contributed by atoms with Crippen LogP contribution in [0.4, 0.5) is 11.5 Å². The van der Waals surface area contributed by atoms with Gasteiger partial charge in [0.2, 0.25) is 5.91 Å². The molecule has 3 aromatic rings. The first-order chi connectivity index (χ1) is 14.1. The van der Waals surface area contributed by atoms with Crippen molar-refractivity contribution in [2.24, 2.45) is 5.92 Å². The maximum absolute atomic E-state index is 13.2. The Morgan fingerprint density at radius 2 is 2.07 bits per heavy atom. The zero-order chi connectivity index (χ0) is 20.0. The summed E-state index contributed by atoms with van der Waals surface area (Å²) in [7, 11) is 0. The van der Waals surface area contributed by atoms with Crippen molar-refractivity contribution >= 4 is 17.4 Å². The predicted octanol–water partition coefficient (Wildman–Crippen LogP) is 3.75. The van der Waals surface area contributed by atoms with E-state index in [2.05, 4.69) is 4.98 Å². The molecule has 5 rings (SSSR count). The first-order valence-electron chi connectivity index (χ1n) is 9.86. The molecule has 29 heavy (non-hydrogen) atoms. The molecule has 146 valence electrons. The lowest BCUT2D eigenvalue weighted by Crippen LogP contribution is -2.28. The molecule has 1 aromatic carbocycles. The van der Waals surface area contributed by atoms with Crippen LogP contribution >= 0.6 is 0 Å². The second-order valence-electron chi connectivity index (χ2n) is 7.64. The zero-order valence-electron chi connectivity index (χ0n) is 16.1. The van der Waals surface area contributed by atoms with Gasteiger partial charge >= 0.3 is 0 Å². The Hall–Kier alpha value is -3.41. The van der Waals surface area contributed by atoms with Gasteiger partial charge in [-0.1, -0.05) is 0 Å². The molecule has 1 amide bonds. The van der Waals surface area contributed by atoms with Crippen LogP contribution in [0.15, 0.2) is 53.5 Å². The third-order valence-corrected chi connectivity index (χ3v) is 5.36. The molecular weight excluding hydrogens is 366 g/mol. The molecule has 0 radical (unpaired) electrons. The number of aromatic nitrogens is 2. The van der Waals surface area contributed by atoms with Gasteiger partial charge in [0.05, 0.1) is 23.6 Å². The number of carbonyl (C=O) groups is 1. The quantitative estimate of drug-likeness (QED) is 0.740. The number of nitrogens with zero attached hydrogens (tertiary/aromatic N) is 2. The highest BCUT2D eigenvalue weighted by Gasteiger charge is 2.36. The molecule has 1 fully saturated rings. The molecule has 6 nitrogen and oxygen atoms in total. The van der Waals surface area contributed by atoms with E-state index in [1.807, 2.05) is 37.3 Å². The SMILES string of the molecule is Cc1cc(-c2ccc[nH]c2=O)nc(N(C(=O)C2CC2)c2ccc3c(c2)CCO3)c1. The average molecular weight is 387 g/mol. The van der Waals surface area contributed by atoms with Crippen molar-refractivity contribution in [2.45, 2.75) is 26.2 Å². The fraction of sp³-hybridized carbons (Fsp3) is 0.261. The van der Waals surface area contributed by atoms with Crippen LogP contribution < -0.4 is 15.2 Å². The maximum Gasteiger partial charge on any atom is 0.257 e. The molecule has 1 N–H and O–H groups in total. The van der Waals surface area contributed by atoms with Crippen LogP contribution in [-0.2, 0) is 11.2 Å². The van der Waals surface area contributed by atoms with Crippen molar-refractivity contribution < 1.29 is 9.53 Å². The number of fused-ring (bicyclic) bond motifs is 1. The Morgan fingerprint density at radius 1 is 1.21 bits per heavy atom. The summed E-state index contributed by atoms with van der Waals surface area (Å²) >= 11 is 0. The van der Waals surface area contributed by atoms with Gasteiger partial charge in [0.15, 0.2) is 0 Å². The minimum Gasteiger partial charge on any atom is -0.493 e. The van der Waals surface area contributed by atoms with Crippen LogP contribution in [0.2, 0.25) is 0 Å². The smallest absolute Gasteiger partial charge is 0.257 e. The Labute approximate surface area is 168 Å². The number of benzene rings is 1. The van der Waals surface area contributed by atoms with Gasteiger partial charge in [-0.25, -0.2) is 4.98 Å². The fourth-order valence-corrected chi connectivity index (χ4v) is 3.72. The van der Waals surface area contributed by atoms with Gasteiger partial charge in [0.1, 0.15) is 11.6 Å². The lowest BCUT2D eigenvalue weighted by molar-refractivity contribution is -0.119. The Bertz CT molecular complexity index is 1160. The third kappa shape index (κ3) is 3.31. The topological polar surface area (TPSA) is 75.3 Å². The molecule has 2 aliphatic rings. The van der Waals surface area contributed by atoms with Gasteiger partial charge < -0.3 is 9.72 Å². The van der Waals surface area contributed by atoms with Gasteiger partial charge in [-0.2, -0.15) is 0 Å². The number of pyridine rings is 2. The summed E-state index contributed by atoms with van der Waals surface area (Å²) in [4.78, 5) is 34.6. The number of carbonyl (C=O) groups excluding carboxylic acids is 1. The normalized spacial score (nSPS) is 14.9. The molecule has 1 aliphatic carbocycles. The summed E-state index contributed by atoms with van der Waals surface area (Å²) in [5.41, 5.74) is 3.66. The van der Waals surface area contributed by atoms with E-state index in [1.54, 1.807) is 23.2 Å². The van der Waals surface area contributed by atoms with E-state index in [9.17, 15) is 9.59 Å². The summed E-state index contributed by atoms with van der Waals surface area (Å²) in [5.74, 6) is 1.50. The minimum absolute atomic E-state index is 0.0328. The molecule has 3 heterocycles. The number of ether oxygens (including phenoxy) is 1. The third-order valence-electron chi connectivity index (χ3n) is 5.36. The van der Waals surface area contributed by atoms with Crippen LogP contribution in [0.3, 0.4) is 0 Å². The van der Waals surface area contributed by atoms with Crippen LogP contribution in [0.1, 0.15) is 24.0 Å². The van der Waals surface area contributed by atoms with E-state index < -0.39 is 0 Å². The highest BCUT2D eigenvalue weighted by Crippen LogP contribution is 2.38. The summed E-state index contributed by atoms with van der Waals surface area (Å²) in [6.07, 6.45) is 4.24. The summed E-state index contributed by atoms with van der Waals surface area (Å²) < 4.78 is 5.61. The fourth-order valence-electron chi connectivity index (χ4n) is 3.72. The van der Waals surface area contributed by atoms with Crippen molar-refractivity contribution in [1.82, 2.24) is 9.97 Å². The number of hydrogen-bond acceptors (Lipinski definition) is 4. The molecule has 1 saturated carbocycles. The molecule has 0 spiro atoms. The monoisotopic (exact) mass is 387 g/mol. The van der Waals surface area contributed by atoms with Gasteiger partial charge in [0, 0.05) is 18.5 Å². The number of amides is 1. The first kappa shape index (κ1) is 17.7. The highest BCUT2D eigenvalue weighted by atomic mass is 16.5. The number of aromatic amines is 1. The number of hydrogen-bond donors (Lipinski definition) is 1. The predicted molar refractivity (Wildman–Crippen MR) is 111 cm³/mol. The zero-order valence-corrected chi connectivity index (χ0v) is 16.1. The van der Waals surface area contributed by atoms with Crippen LogP contribution in [-0.4, -0.2) is 22.5 Å². The van der Waals surface area contributed by atoms with Gasteiger partial charge in [-0.3, -0.25) is 14.5 Å². The van der Waals surface area contributed by atoms with Crippen LogP contribution in [0, 0.1) is 12.8 Å². The highest BCUT2D eigenvalue weighted by molar-refractivity contribution is 6.02. The molecule has 0 unspecified atom stereocenters. The second-order valence-corrected chi connectivity index (χ2v) is 7.64. The van der Waals surface area contributed by atoms with Gasteiger partial charge in [0.25, 0.3) is 5.56 Å². The average Bonchev–Trinajstić information content (AvgIpc) is 3.46. The largest absolute Gasteiger partial charge is 0.493 e. The van der Waals surface area contributed by atoms with Crippen molar-refractivity contribution in [3.05, 3.63) is 70.1 Å². The van der Waals surface area contributed by atoms with Crippen molar-refractivity contribution in [1.29, 1.82) is 0 Å². The number of nitrogens with one attached hydrogen (secondary N) is 1. The number of aryl methyl sites for hydroxylation is 1. The van der Waals surface area contributed by atoms with E-state index in [1.165, 1.54) is 0 Å². The molecule has 6 heteroatoms. The number of anilines is 2. The number of H-pyrrole nitrogens is 1. The maximum atomic E-state index is 13.2. The van der Waals surface area contributed by atoms with Crippen LogP contribution in [0.25, 0.3) is 11.3 Å². The molecule has 2 aromatic heterocycles. The molecular formula is C23H21N3O3. The van der Waals surface area contributed by atoms with Crippen molar-refractivity contribution in [3.63, 3.8) is 0 Å². The van der Waals surface area contributed by atoms with Crippen LogP contribution in [0.5, 0.6) is 5.75 Å². The first-order valence-corrected chi connectivity index (χ1v) is 9.86. The van der Waals surface area contributed by atoms with Crippen molar-refractivity contribution in [2.75, 3.05) is 11.5 Å². The van der Waals surface area contributed by atoms with E-state index >= 15 is 0 Å². The van der Waals surface area contributed by atoms with E-state index in [0.29, 0.717) is 23.7 Å². The number of rotatable bonds is 4. The standard InChI is InChI=1S/C23H21N3O3/c1-14-11-19(18-3-2-9-24-22(18)27)25-21(12-14)26(23(28)15-4-5-15)17-6-7-20-16(13-17)8-10-29-20/h2-3,6-7,9,11-13,15H,4-5,8,10H2,1H3,(H,24,27). The van der Waals surface area contributed by atoms with Crippen molar-refractivity contribution in [3.8, 4) is 17.0 Å². The molecule has 0 bridgehead atoms.